The zero-order chi connectivity index (χ0) is 12.0. The van der Waals surface area contributed by atoms with Crippen molar-refractivity contribution in [2.24, 2.45) is 0 Å². The van der Waals surface area contributed by atoms with Gasteiger partial charge in [-0.3, -0.25) is 0 Å². The Balaban J connectivity index is 2.94. The Bertz CT molecular complexity index is 341. The maximum Gasteiger partial charge on any atom is 0.0360 e. The van der Waals surface area contributed by atoms with Gasteiger partial charge in [0.25, 0.3) is 0 Å². The van der Waals surface area contributed by atoms with Crippen molar-refractivity contribution >= 4 is 0 Å². The molecule has 1 rings (SSSR count). The lowest BCUT2D eigenvalue weighted by Crippen LogP contribution is -2.22. The van der Waals surface area contributed by atoms with Gasteiger partial charge in [-0.1, -0.05) is 43.7 Å². The maximum absolute atomic E-state index is 4.02. The van der Waals surface area contributed by atoms with Gasteiger partial charge in [-0.2, -0.15) is 0 Å². The quantitative estimate of drug-likeness (QED) is 0.713. The van der Waals surface area contributed by atoms with Crippen molar-refractivity contribution in [1.29, 1.82) is 0 Å². The van der Waals surface area contributed by atoms with Crippen molar-refractivity contribution in [3.8, 4) is 0 Å². The van der Waals surface area contributed by atoms with Gasteiger partial charge in [0.15, 0.2) is 0 Å². The Kier molecular flexibility index (Phi) is 5.27. The van der Waals surface area contributed by atoms with E-state index in [0.29, 0.717) is 6.04 Å². The highest BCUT2D eigenvalue weighted by Gasteiger charge is 2.12. The summed E-state index contributed by atoms with van der Waals surface area (Å²) >= 11 is 0. The molecule has 0 spiro atoms. The van der Waals surface area contributed by atoms with Gasteiger partial charge < -0.3 is 5.32 Å². The third-order valence-corrected chi connectivity index (χ3v) is 2.81. The van der Waals surface area contributed by atoms with E-state index in [1.807, 2.05) is 0 Å². The molecule has 0 heterocycles. The van der Waals surface area contributed by atoms with E-state index in [-0.39, 0.29) is 0 Å². The maximum atomic E-state index is 4.02. The highest BCUT2D eigenvalue weighted by Crippen LogP contribution is 2.24. The predicted octanol–water partition coefficient (Wildman–Crippen LogP) is 3.87. The monoisotopic (exact) mass is 217 g/mol. The lowest BCUT2D eigenvalue weighted by Gasteiger charge is -2.21. The molecule has 0 amide bonds. The van der Waals surface area contributed by atoms with E-state index in [1.54, 1.807) is 0 Å². The summed E-state index contributed by atoms with van der Waals surface area (Å²) in [5.41, 5.74) is 4.10. The Morgan fingerprint density at radius 2 is 2.00 bits per heavy atom. The second-order valence-corrected chi connectivity index (χ2v) is 4.32. The normalized spacial score (nSPS) is 12.4. The molecule has 0 radical (unpaired) electrons. The summed E-state index contributed by atoms with van der Waals surface area (Å²) in [5, 5.41) is 3.54. The minimum absolute atomic E-state index is 0.415. The molecule has 0 bridgehead atoms. The lowest BCUT2D eigenvalue weighted by molar-refractivity contribution is 0.544. The first kappa shape index (κ1) is 13.0. The highest BCUT2D eigenvalue weighted by atomic mass is 14.9. The zero-order valence-corrected chi connectivity index (χ0v) is 10.7. The number of benzene rings is 1. The van der Waals surface area contributed by atoms with Crippen molar-refractivity contribution in [2.75, 3.05) is 6.54 Å². The van der Waals surface area contributed by atoms with Crippen LogP contribution in [0.3, 0.4) is 0 Å². The van der Waals surface area contributed by atoms with Crippen molar-refractivity contribution in [2.45, 2.75) is 39.7 Å². The van der Waals surface area contributed by atoms with Gasteiger partial charge in [-0.15, -0.1) is 6.58 Å². The fourth-order valence-corrected chi connectivity index (χ4v) is 2.08. The van der Waals surface area contributed by atoms with E-state index in [0.717, 1.165) is 19.4 Å². The van der Waals surface area contributed by atoms with E-state index >= 15 is 0 Å². The first-order valence-electron chi connectivity index (χ1n) is 6.14. The molecule has 1 aromatic rings. The van der Waals surface area contributed by atoms with E-state index < -0.39 is 0 Å². The van der Waals surface area contributed by atoms with Crippen LogP contribution in [-0.2, 0) is 6.42 Å². The van der Waals surface area contributed by atoms with Crippen molar-refractivity contribution in [3.05, 3.63) is 47.5 Å². The van der Waals surface area contributed by atoms with Gasteiger partial charge in [0.2, 0.25) is 0 Å². The van der Waals surface area contributed by atoms with Crippen LogP contribution in [-0.4, -0.2) is 6.54 Å². The molecule has 1 atom stereocenters. The predicted molar refractivity (Wildman–Crippen MR) is 71.7 cm³/mol. The first-order valence-corrected chi connectivity index (χ1v) is 6.14. The van der Waals surface area contributed by atoms with Gasteiger partial charge in [-0.05, 0) is 37.4 Å². The topological polar surface area (TPSA) is 12.0 Å². The average molecular weight is 217 g/mol. The van der Waals surface area contributed by atoms with Crippen LogP contribution in [0, 0.1) is 0 Å². The number of aryl methyl sites for hydroxylation is 1. The third-order valence-electron chi connectivity index (χ3n) is 2.81. The second-order valence-electron chi connectivity index (χ2n) is 4.32. The van der Waals surface area contributed by atoms with Crippen molar-refractivity contribution in [1.82, 2.24) is 5.32 Å². The molecule has 1 nitrogen and oxygen atoms in total. The van der Waals surface area contributed by atoms with Gasteiger partial charge in [-0.25, -0.2) is 0 Å². The van der Waals surface area contributed by atoms with Crippen LogP contribution >= 0.6 is 0 Å². The fraction of sp³-hybridized carbons (Fsp3) is 0.467. The minimum atomic E-state index is 0.415. The molecule has 1 heteroatoms. The second kappa shape index (κ2) is 6.49. The molecule has 1 unspecified atom stereocenters. The van der Waals surface area contributed by atoms with Crippen LogP contribution < -0.4 is 5.32 Å². The molecule has 0 saturated carbocycles. The molecule has 1 aromatic carbocycles. The standard InChI is InChI=1S/C15H23N/c1-5-13-9-7-8-10-14(13)15(16-6-2)11-12(3)4/h7-10,15-16H,3,5-6,11H2,1-2,4H3. The minimum Gasteiger partial charge on any atom is -0.310 e. The average Bonchev–Trinajstić information content (AvgIpc) is 2.28. The molecule has 1 N–H and O–H groups in total. The largest absolute Gasteiger partial charge is 0.310 e. The molecule has 0 saturated heterocycles. The van der Waals surface area contributed by atoms with Crippen LogP contribution in [0.5, 0.6) is 0 Å². The molecule has 0 aliphatic heterocycles. The lowest BCUT2D eigenvalue weighted by atomic mass is 9.94. The van der Waals surface area contributed by atoms with Crippen LogP contribution in [0.2, 0.25) is 0 Å². The summed E-state index contributed by atoms with van der Waals surface area (Å²) in [6.07, 6.45) is 2.11. The summed E-state index contributed by atoms with van der Waals surface area (Å²) in [7, 11) is 0. The zero-order valence-electron chi connectivity index (χ0n) is 10.7. The van der Waals surface area contributed by atoms with Crippen LogP contribution in [0.25, 0.3) is 0 Å². The number of hydrogen-bond acceptors (Lipinski definition) is 1. The fourth-order valence-electron chi connectivity index (χ4n) is 2.08. The van der Waals surface area contributed by atoms with Gasteiger partial charge in [0, 0.05) is 6.04 Å². The number of rotatable bonds is 6. The van der Waals surface area contributed by atoms with E-state index in [2.05, 4.69) is 56.9 Å². The Labute approximate surface area is 99.6 Å². The summed E-state index contributed by atoms with van der Waals surface area (Å²) in [6, 6.07) is 9.11. The molecule has 0 aliphatic carbocycles. The van der Waals surface area contributed by atoms with E-state index in [1.165, 1.54) is 16.7 Å². The SMILES string of the molecule is C=C(C)CC(NCC)c1ccccc1CC. The smallest absolute Gasteiger partial charge is 0.0360 e. The molecule has 0 aromatic heterocycles. The molecule has 88 valence electrons. The number of hydrogen-bond donors (Lipinski definition) is 1. The highest BCUT2D eigenvalue weighted by molar-refractivity contribution is 5.30. The Hall–Kier alpha value is -1.08. The molecular weight excluding hydrogens is 194 g/mol. The van der Waals surface area contributed by atoms with Gasteiger partial charge in [0.1, 0.15) is 0 Å². The van der Waals surface area contributed by atoms with Crippen molar-refractivity contribution < 1.29 is 0 Å². The molecule has 0 aliphatic rings. The summed E-state index contributed by atoms with van der Waals surface area (Å²) in [6.45, 7) is 11.5. The summed E-state index contributed by atoms with van der Waals surface area (Å²) in [4.78, 5) is 0. The first-order chi connectivity index (χ1) is 7.69. The van der Waals surface area contributed by atoms with Crippen LogP contribution in [0.1, 0.15) is 44.4 Å². The summed E-state index contributed by atoms with van der Waals surface area (Å²) in [5.74, 6) is 0. The summed E-state index contributed by atoms with van der Waals surface area (Å²) < 4.78 is 0. The molecule has 0 fully saturated rings. The third kappa shape index (κ3) is 3.49. The van der Waals surface area contributed by atoms with Gasteiger partial charge >= 0.3 is 0 Å². The number of nitrogens with one attached hydrogen (secondary N) is 1. The molecular formula is C15H23N. The Morgan fingerprint density at radius 3 is 2.56 bits per heavy atom. The van der Waals surface area contributed by atoms with E-state index in [4.69, 9.17) is 0 Å². The van der Waals surface area contributed by atoms with Crippen LogP contribution in [0.15, 0.2) is 36.4 Å². The van der Waals surface area contributed by atoms with Crippen LogP contribution in [0.4, 0.5) is 0 Å². The van der Waals surface area contributed by atoms with Crippen molar-refractivity contribution in [3.63, 3.8) is 0 Å². The van der Waals surface area contributed by atoms with E-state index in [9.17, 15) is 0 Å². The molecule has 16 heavy (non-hydrogen) atoms. The Morgan fingerprint density at radius 1 is 1.31 bits per heavy atom. The van der Waals surface area contributed by atoms with Gasteiger partial charge in [0.05, 0.1) is 0 Å².